The van der Waals surface area contributed by atoms with Gasteiger partial charge in [0.2, 0.25) is 0 Å². The van der Waals surface area contributed by atoms with Crippen molar-refractivity contribution in [3.05, 3.63) is 28.8 Å². The zero-order valence-corrected chi connectivity index (χ0v) is 8.93. The maximum atomic E-state index is 10.9. The average Bonchev–Trinajstić information content (AvgIpc) is 2.26. The molecule has 0 radical (unpaired) electrons. The molecule has 0 amide bonds. The lowest BCUT2D eigenvalue weighted by Crippen LogP contribution is -1.99. The van der Waals surface area contributed by atoms with Crippen molar-refractivity contribution in [2.45, 2.75) is 31.1 Å². The van der Waals surface area contributed by atoms with E-state index < -0.39 is 10.1 Å². The summed E-state index contributed by atoms with van der Waals surface area (Å²) >= 11 is 0. The monoisotopic (exact) mass is 212 g/mol. The van der Waals surface area contributed by atoms with Crippen LogP contribution < -0.4 is 0 Å². The first kappa shape index (κ1) is 9.68. The van der Waals surface area contributed by atoms with Crippen LogP contribution in [0.5, 0.6) is 0 Å². The van der Waals surface area contributed by atoms with Crippen LogP contribution in [0.25, 0.3) is 0 Å². The normalized spacial score (nSPS) is 20.1. The van der Waals surface area contributed by atoms with Gasteiger partial charge in [-0.05, 0) is 48.1 Å². The Hall–Kier alpha value is -0.870. The first-order chi connectivity index (χ1) is 6.39. The van der Waals surface area contributed by atoms with Gasteiger partial charge in [0, 0.05) is 0 Å². The second-order valence-corrected chi connectivity index (χ2v) is 5.30. The Kier molecular flexibility index (Phi) is 1.94. The molecule has 0 aliphatic heterocycles. The van der Waals surface area contributed by atoms with Gasteiger partial charge in [-0.15, -0.1) is 0 Å². The fourth-order valence-electron chi connectivity index (χ4n) is 2.08. The van der Waals surface area contributed by atoms with Gasteiger partial charge < -0.3 is 0 Å². The second-order valence-electron chi connectivity index (χ2n) is 3.88. The van der Waals surface area contributed by atoms with Gasteiger partial charge in [0.15, 0.2) is 0 Å². The van der Waals surface area contributed by atoms with Crippen molar-refractivity contribution in [3.8, 4) is 0 Å². The molecule has 4 heteroatoms. The summed E-state index contributed by atoms with van der Waals surface area (Å²) in [7, 11) is -4.05. The SMILES string of the molecule is Cc1c2cc(S(=O)(=O)O)cc1C(C)C2. The van der Waals surface area contributed by atoms with Crippen molar-refractivity contribution in [1.29, 1.82) is 0 Å². The Balaban J connectivity index is 2.68. The van der Waals surface area contributed by atoms with Crippen molar-refractivity contribution < 1.29 is 13.0 Å². The van der Waals surface area contributed by atoms with Crippen LogP contribution in [0.2, 0.25) is 0 Å². The van der Waals surface area contributed by atoms with Crippen LogP contribution in [0.3, 0.4) is 0 Å². The van der Waals surface area contributed by atoms with Crippen LogP contribution >= 0.6 is 0 Å². The lowest BCUT2D eigenvalue weighted by molar-refractivity contribution is 0.483. The summed E-state index contributed by atoms with van der Waals surface area (Å²) in [6.07, 6.45) is 0.872. The van der Waals surface area contributed by atoms with Gasteiger partial charge in [-0.3, -0.25) is 4.55 Å². The van der Waals surface area contributed by atoms with Gasteiger partial charge in [-0.1, -0.05) is 6.92 Å². The molecule has 1 atom stereocenters. The molecule has 0 spiro atoms. The van der Waals surface area contributed by atoms with E-state index in [9.17, 15) is 8.42 Å². The zero-order chi connectivity index (χ0) is 10.5. The minimum atomic E-state index is -4.05. The van der Waals surface area contributed by atoms with Crippen molar-refractivity contribution >= 4 is 10.1 Å². The molecule has 1 aromatic carbocycles. The van der Waals surface area contributed by atoms with E-state index in [2.05, 4.69) is 6.92 Å². The Labute approximate surface area is 83.5 Å². The standard InChI is InChI=1S/C10H12O3S/c1-6-3-8-4-9(14(11,12)13)5-10(6)7(8)2/h4-6H,3H2,1-2H3,(H,11,12,13). The van der Waals surface area contributed by atoms with Gasteiger partial charge in [0.25, 0.3) is 10.1 Å². The number of rotatable bonds is 1. The van der Waals surface area contributed by atoms with Crippen molar-refractivity contribution in [2.75, 3.05) is 0 Å². The topological polar surface area (TPSA) is 54.4 Å². The van der Waals surface area contributed by atoms with E-state index in [1.165, 1.54) is 0 Å². The Morgan fingerprint density at radius 1 is 1.43 bits per heavy atom. The predicted octanol–water partition coefficient (Wildman–Crippen LogP) is 1.90. The lowest BCUT2D eigenvalue weighted by atomic mass is 10.1. The lowest BCUT2D eigenvalue weighted by Gasteiger charge is -2.03. The molecular formula is C10H12O3S. The van der Waals surface area contributed by atoms with Gasteiger partial charge in [-0.2, -0.15) is 8.42 Å². The summed E-state index contributed by atoms with van der Waals surface area (Å²) < 4.78 is 30.8. The third-order valence-electron chi connectivity index (χ3n) is 2.88. The van der Waals surface area contributed by atoms with Crippen LogP contribution in [0, 0.1) is 6.92 Å². The molecule has 1 aliphatic carbocycles. The van der Waals surface area contributed by atoms with E-state index >= 15 is 0 Å². The molecule has 0 heterocycles. The maximum absolute atomic E-state index is 10.9. The average molecular weight is 212 g/mol. The van der Waals surface area contributed by atoms with Crippen LogP contribution in [0.15, 0.2) is 17.0 Å². The Morgan fingerprint density at radius 3 is 2.57 bits per heavy atom. The number of benzene rings is 1. The molecule has 0 aromatic heterocycles. The molecule has 1 aliphatic rings. The largest absolute Gasteiger partial charge is 0.294 e. The molecule has 2 rings (SSSR count). The highest BCUT2D eigenvalue weighted by Gasteiger charge is 2.24. The van der Waals surface area contributed by atoms with Gasteiger partial charge in [-0.25, -0.2) is 0 Å². The third-order valence-corrected chi connectivity index (χ3v) is 3.72. The number of fused-ring (bicyclic) bond motifs is 2. The van der Waals surface area contributed by atoms with Crippen molar-refractivity contribution in [2.24, 2.45) is 0 Å². The van der Waals surface area contributed by atoms with Crippen molar-refractivity contribution in [1.82, 2.24) is 0 Å². The smallest absolute Gasteiger partial charge is 0.282 e. The maximum Gasteiger partial charge on any atom is 0.294 e. The summed E-state index contributed by atoms with van der Waals surface area (Å²) in [6, 6.07) is 3.14. The molecule has 1 aromatic rings. The highest BCUT2D eigenvalue weighted by atomic mass is 32.2. The molecule has 1 unspecified atom stereocenters. The summed E-state index contributed by atoms with van der Waals surface area (Å²) in [5.41, 5.74) is 3.22. The second kappa shape index (κ2) is 2.81. The molecule has 3 nitrogen and oxygen atoms in total. The Morgan fingerprint density at radius 2 is 2.07 bits per heavy atom. The minimum Gasteiger partial charge on any atom is -0.282 e. The van der Waals surface area contributed by atoms with E-state index in [1.807, 2.05) is 6.92 Å². The predicted molar refractivity (Wildman–Crippen MR) is 53.1 cm³/mol. The van der Waals surface area contributed by atoms with E-state index in [4.69, 9.17) is 4.55 Å². The fraction of sp³-hybridized carbons (Fsp3) is 0.400. The fourth-order valence-corrected chi connectivity index (χ4v) is 2.65. The van der Waals surface area contributed by atoms with E-state index in [-0.39, 0.29) is 4.90 Å². The van der Waals surface area contributed by atoms with E-state index in [1.54, 1.807) is 12.1 Å². The molecular weight excluding hydrogens is 200 g/mol. The molecule has 1 N–H and O–H groups in total. The zero-order valence-electron chi connectivity index (χ0n) is 8.11. The van der Waals surface area contributed by atoms with E-state index in [0.29, 0.717) is 5.92 Å². The highest BCUT2D eigenvalue weighted by molar-refractivity contribution is 7.85. The molecule has 14 heavy (non-hydrogen) atoms. The highest BCUT2D eigenvalue weighted by Crippen LogP contribution is 2.36. The van der Waals surface area contributed by atoms with Crippen LogP contribution in [-0.4, -0.2) is 13.0 Å². The molecule has 0 saturated carbocycles. The first-order valence-corrected chi connectivity index (χ1v) is 5.94. The number of hydrogen-bond acceptors (Lipinski definition) is 2. The molecule has 76 valence electrons. The summed E-state index contributed by atoms with van der Waals surface area (Å²) in [4.78, 5) is 0.0254. The van der Waals surface area contributed by atoms with Crippen LogP contribution in [0.1, 0.15) is 29.5 Å². The third kappa shape index (κ3) is 1.35. The van der Waals surface area contributed by atoms with Crippen LogP contribution in [-0.2, 0) is 16.5 Å². The van der Waals surface area contributed by atoms with Gasteiger partial charge in [0.1, 0.15) is 0 Å². The summed E-state index contributed by atoms with van der Waals surface area (Å²) in [6.45, 7) is 4.05. The first-order valence-electron chi connectivity index (χ1n) is 4.50. The molecule has 0 fully saturated rings. The minimum absolute atomic E-state index is 0.0254. The van der Waals surface area contributed by atoms with Crippen molar-refractivity contribution in [3.63, 3.8) is 0 Å². The summed E-state index contributed by atoms with van der Waals surface area (Å²) in [5, 5.41) is 0. The number of hydrogen-bond donors (Lipinski definition) is 1. The van der Waals surface area contributed by atoms with E-state index in [0.717, 1.165) is 23.1 Å². The summed E-state index contributed by atoms with van der Waals surface area (Å²) in [5.74, 6) is 0.362. The van der Waals surface area contributed by atoms with Crippen LogP contribution in [0.4, 0.5) is 0 Å². The molecule has 2 bridgehead atoms. The quantitative estimate of drug-likeness (QED) is 0.723. The van der Waals surface area contributed by atoms with Gasteiger partial charge >= 0.3 is 0 Å². The van der Waals surface area contributed by atoms with Gasteiger partial charge in [0.05, 0.1) is 4.90 Å². The Bertz CT molecular complexity index is 488. The molecule has 0 saturated heterocycles.